The Balaban J connectivity index is 1.72. The highest BCUT2D eigenvalue weighted by atomic mass is 16.5. The standard InChI is InChI=1S/C19H21N5O4/c1-26-14-5-4-11(16(27-2)17(14)28-3)10-24-19-13(9-22-24)12(8-15(25)23-19)18-20-6-7-21-18/h4-7,9,12H,8,10H2,1-3H3,(H,20,21)(H,23,25). The lowest BCUT2D eigenvalue weighted by molar-refractivity contribution is -0.116. The number of anilines is 1. The summed E-state index contributed by atoms with van der Waals surface area (Å²) in [5.41, 5.74) is 1.77. The number of aromatic amines is 1. The van der Waals surface area contributed by atoms with Crippen LogP contribution in [0.25, 0.3) is 0 Å². The summed E-state index contributed by atoms with van der Waals surface area (Å²) in [5.74, 6) is 2.84. The Hall–Kier alpha value is -3.49. The highest BCUT2D eigenvalue weighted by molar-refractivity contribution is 5.94. The van der Waals surface area contributed by atoms with Crippen LogP contribution in [0.4, 0.5) is 5.82 Å². The summed E-state index contributed by atoms with van der Waals surface area (Å²) < 4.78 is 18.1. The van der Waals surface area contributed by atoms with E-state index in [2.05, 4.69) is 20.4 Å². The number of methoxy groups -OCH3 is 3. The number of H-pyrrole nitrogens is 1. The number of hydrogen-bond acceptors (Lipinski definition) is 6. The number of ether oxygens (including phenoxy) is 3. The van der Waals surface area contributed by atoms with Crippen molar-refractivity contribution in [3.8, 4) is 17.2 Å². The van der Waals surface area contributed by atoms with E-state index in [9.17, 15) is 4.79 Å². The first kappa shape index (κ1) is 17.9. The maximum absolute atomic E-state index is 12.3. The molecular weight excluding hydrogens is 362 g/mol. The van der Waals surface area contributed by atoms with Crippen molar-refractivity contribution in [2.75, 3.05) is 26.6 Å². The van der Waals surface area contributed by atoms with Crippen molar-refractivity contribution in [1.82, 2.24) is 19.7 Å². The lowest BCUT2D eigenvalue weighted by Gasteiger charge is -2.22. The van der Waals surface area contributed by atoms with Gasteiger partial charge < -0.3 is 24.5 Å². The van der Waals surface area contributed by atoms with Gasteiger partial charge in [0.2, 0.25) is 11.7 Å². The molecule has 146 valence electrons. The molecule has 9 heteroatoms. The van der Waals surface area contributed by atoms with E-state index in [1.165, 1.54) is 0 Å². The number of imidazole rings is 1. The van der Waals surface area contributed by atoms with Gasteiger partial charge in [-0.05, 0) is 12.1 Å². The first-order valence-corrected chi connectivity index (χ1v) is 8.79. The third-order valence-electron chi connectivity index (χ3n) is 4.85. The Morgan fingerprint density at radius 3 is 2.68 bits per heavy atom. The topological polar surface area (TPSA) is 103 Å². The fraction of sp³-hybridized carbons (Fsp3) is 0.316. The molecule has 9 nitrogen and oxygen atoms in total. The molecule has 1 unspecified atom stereocenters. The van der Waals surface area contributed by atoms with Gasteiger partial charge in [0.1, 0.15) is 11.6 Å². The molecule has 2 aromatic heterocycles. The quantitative estimate of drug-likeness (QED) is 0.676. The average Bonchev–Trinajstić information content (AvgIpc) is 3.37. The smallest absolute Gasteiger partial charge is 0.226 e. The van der Waals surface area contributed by atoms with Crippen molar-refractivity contribution < 1.29 is 19.0 Å². The van der Waals surface area contributed by atoms with Gasteiger partial charge in [-0.15, -0.1) is 0 Å². The van der Waals surface area contributed by atoms with Gasteiger partial charge in [-0.3, -0.25) is 4.79 Å². The van der Waals surface area contributed by atoms with Gasteiger partial charge >= 0.3 is 0 Å². The molecule has 1 aliphatic heterocycles. The van der Waals surface area contributed by atoms with Crippen molar-refractivity contribution in [2.45, 2.75) is 18.9 Å². The molecule has 2 N–H and O–H groups in total. The van der Waals surface area contributed by atoms with E-state index in [4.69, 9.17) is 14.2 Å². The van der Waals surface area contributed by atoms with Gasteiger partial charge in [0.05, 0.1) is 40.0 Å². The first-order chi connectivity index (χ1) is 13.7. The minimum Gasteiger partial charge on any atom is -0.493 e. The van der Waals surface area contributed by atoms with Crippen molar-refractivity contribution in [1.29, 1.82) is 0 Å². The molecule has 0 saturated heterocycles. The predicted octanol–water partition coefficient (Wildman–Crippen LogP) is 2.15. The van der Waals surface area contributed by atoms with Crippen molar-refractivity contribution >= 4 is 11.7 Å². The maximum Gasteiger partial charge on any atom is 0.226 e. The normalized spacial score (nSPS) is 15.7. The Bertz CT molecular complexity index is 996. The van der Waals surface area contributed by atoms with Crippen LogP contribution in [0.1, 0.15) is 29.3 Å². The molecule has 1 aliphatic rings. The molecule has 3 aromatic rings. The minimum atomic E-state index is -0.153. The van der Waals surface area contributed by atoms with E-state index >= 15 is 0 Å². The molecule has 0 saturated carbocycles. The Kier molecular flexibility index (Phi) is 4.64. The number of benzene rings is 1. The number of amides is 1. The fourth-order valence-corrected chi connectivity index (χ4v) is 3.55. The number of hydrogen-bond donors (Lipinski definition) is 2. The monoisotopic (exact) mass is 383 g/mol. The molecule has 1 aromatic carbocycles. The Morgan fingerprint density at radius 2 is 2.00 bits per heavy atom. The zero-order valence-corrected chi connectivity index (χ0v) is 15.9. The Morgan fingerprint density at radius 1 is 1.18 bits per heavy atom. The van der Waals surface area contributed by atoms with E-state index in [0.717, 1.165) is 17.0 Å². The molecule has 0 spiro atoms. The van der Waals surface area contributed by atoms with Gasteiger partial charge in [-0.25, -0.2) is 9.67 Å². The molecule has 0 bridgehead atoms. The Labute approximate surface area is 161 Å². The largest absolute Gasteiger partial charge is 0.493 e. The summed E-state index contributed by atoms with van der Waals surface area (Å²) in [6.45, 7) is 0.393. The molecule has 0 fully saturated rings. The lowest BCUT2D eigenvalue weighted by atomic mass is 9.93. The highest BCUT2D eigenvalue weighted by Crippen LogP contribution is 2.41. The maximum atomic E-state index is 12.3. The lowest BCUT2D eigenvalue weighted by Crippen LogP contribution is -2.25. The molecule has 0 radical (unpaired) electrons. The second-order valence-electron chi connectivity index (χ2n) is 6.38. The molecule has 28 heavy (non-hydrogen) atoms. The second kappa shape index (κ2) is 7.26. The molecule has 3 heterocycles. The minimum absolute atomic E-state index is 0.0741. The van der Waals surface area contributed by atoms with Crippen LogP contribution in [0.3, 0.4) is 0 Å². The van der Waals surface area contributed by atoms with E-state index in [1.54, 1.807) is 44.6 Å². The van der Waals surface area contributed by atoms with Gasteiger partial charge in [-0.2, -0.15) is 5.10 Å². The van der Waals surface area contributed by atoms with Gasteiger partial charge in [0.25, 0.3) is 0 Å². The molecule has 0 aliphatic carbocycles. The van der Waals surface area contributed by atoms with Crippen LogP contribution in [0.2, 0.25) is 0 Å². The summed E-state index contributed by atoms with van der Waals surface area (Å²) in [6.07, 6.45) is 5.53. The molecular formula is C19H21N5O4. The van der Waals surface area contributed by atoms with E-state index in [1.807, 2.05) is 12.1 Å². The first-order valence-electron chi connectivity index (χ1n) is 8.79. The van der Waals surface area contributed by atoms with Crippen LogP contribution in [0.5, 0.6) is 17.2 Å². The number of nitrogens with zero attached hydrogens (tertiary/aromatic N) is 3. The predicted molar refractivity (Wildman–Crippen MR) is 101 cm³/mol. The van der Waals surface area contributed by atoms with Crippen molar-refractivity contribution in [3.63, 3.8) is 0 Å². The number of aromatic nitrogens is 4. The third-order valence-corrected chi connectivity index (χ3v) is 4.85. The third kappa shape index (κ3) is 2.94. The zero-order valence-electron chi connectivity index (χ0n) is 15.9. The fourth-order valence-electron chi connectivity index (χ4n) is 3.55. The highest BCUT2D eigenvalue weighted by Gasteiger charge is 2.31. The number of fused-ring (bicyclic) bond motifs is 1. The van der Waals surface area contributed by atoms with Crippen LogP contribution in [-0.4, -0.2) is 47.0 Å². The summed E-state index contributed by atoms with van der Waals surface area (Å²) >= 11 is 0. The summed E-state index contributed by atoms with van der Waals surface area (Å²) in [5, 5.41) is 7.43. The number of carbonyl (C=O) groups is 1. The van der Waals surface area contributed by atoms with Crippen molar-refractivity contribution in [2.24, 2.45) is 0 Å². The van der Waals surface area contributed by atoms with Crippen LogP contribution < -0.4 is 19.5 Å². The van der Waals surface area contributed by atoms with Gasteiger partial charge in [0.15, 0.2) is 11.5 Å². The van der Waals surface area contributed by atoms with E-state index < -0.39 is 0 Å². The van der Waals surface area contributed by atoms with Crippen LogP contribution in [0, 0.1) is 0 Å². The van der Waals surface area contributed by atoms with Gasteiger partial charge in [0, 0.05) is 29.9 Å². The van der Waals surface area contributed by atoms with Crippen LogP contribution in [0.15, 0.2) is 30.7 Å². The number of nitrogens with one attached hydrogen (secondary N) is 2. The van der Waals surface area contributed by atoms with E-state index in [0.29, 0.717) is 36.0 Å². The number of carbonyl (C=O) groups excluding carboxylic acids is 1. The molecule has 4 rings (SSSR count). The van der Waals surface area contributed by atoms with Gasteiger partial charge in [-0.1, -0.05) is 0 Å². The summed E-state index contributed by atoms with van der Waals surface area (Å²) in [7, 11) is 4.72. The van der Waals surface area contributed by atoms with Crippen LogP contribution in [-0.2, 0) is 11.3 Å². The summed E-state index contributed by atoms with van der Waals surface area (Å²) in [4.78, 5) is 19.7. The SMILES string of the molecule is COc1ccc(Cn2ncc3c2NC(=O)CC3c2ncc[nH]2)c(OC)c1OC. The molecule has 1 atom stereocenters. The average molecular weight is 383 g/mol. The zero-order chi connectivity index (χ0) is 19.7. The summed E-state index contributed by atoms with van der Waals surface area (Å²) in [6, 6.07) is 3.71. The van der Waals surface area contributed by atoms with Crippen molar-refractivity contribution in [3.05, 3.63) is 47.7 Å². The second-order valence-corrected chi connectivity index (χ2v) is 6.38. The molecule has 1 amide bonds. The van der Waals surface area contributed by atoms with Crippen LogP contribution >= 0.6 is 0 Å². The number of rotatable bonds is 6. The van der Waals surface area contributed by atoms with E-state index in [-0.39, 0.29) is 11.8 Å².